The van der Waals surface area contributed by atoms with Gasteiger partial charge >= 0.3 is 0 Å². The number of rotatable bonds is 2. The minimum absolute atomic E-state index is 0.241. The predicted molar refractivity (Wildman–Crippen MR) is 100 cm³/mol. The molecule has 2 aliphatic rings. The standard InChI is InChI=1S/C16H19I2NO2/c1-16(9-19-5-3-2-4-6-19)10-21-14-12(15(16)20)7-11(17)8-13(14)18/h7-8H,2-6,9-10H2,1H3/t16-/m1/s1. The van der Waals surface area contributed by atoms with E-state index in [1.165, 1.54) is 19.3 Å². The molecule has 1 aromatic rings. The Labute approximate surface area is 153 Å². The van der Waals surface area contributed by atoms with Crippen LogP contribution in [0.2, 0.25) is 0 Å². The van der Waals surface area contributed by atoms with E-state index in [4.69, 9.17) is 4.74 Å². The molecule has 0 spiro atoms. The molecule has 5 heteroatoms. The average molecular weight is 511 g/mol. The molecule has 3 nitrogen and oxygen atoms in total. The Balaban J connectivity index is 1.86. The lowest BCUT2D eigenvalue weighted by Gasteiger charge is -2.39. The van der Waals surface area contributed by atoms with Gasteiger partial charge in [0.05, 0.1) is 14.5 Å². The van der Waals surface area contributed by atoms with Crippen LogP contribution in [0.4, 0.5) is 0 Å². The number of halogens is 2. The lowest BCUT2D eigenvalue weighted by Crippen LogP contribution is -2.48. The van der Waals surface area contributed by atoms with E-state index in [0.29, 0.717) is 6.61 Å². The number of fused-ring (bicyclic) bond motifs is 1. The molecule has 1 saturated heterocycles. The van der Waals surface area contributed by atoms with Gasteiger partial charge in [-0.1, -0.05) is 6.42 Å². The minimum atomic E-state index is -0.419. The van der Waals surface area contributed by atoms with E-state index < -0.39 is 5.41 Å². The van der Waals surface area contributed by atoms with Crippen LogP contribution in [0.3, 0.4) is 0 Å². The zero-order chi connectivity index (χ0) is 15.0. The normalized spacial score (nSPS) is 26.3. The second-order valence-corrected chi connectivity index (χ2v) is 8.69. The van der Waals surface area contributed by atoms with Gasteiger partial charge in [0.2, 0.25) is 0 Å². The van der Waals surface area contributed by atoms with E-state index in [1.54, 1.807) is 0 Å². The first-order chi connectivity index (χ1) is 9.99. The number of likely N-dealkylation sites (tertiary alicyclic amines) is 1. The van der Waals surface area contributed by atoms with Crippen LogP contribution < -0.4 is 4.74 Å². The van der Waals surface area contributed by atoms with Gasteiger partial charge in [-0.15, -0.1) is 0 Å². The Morgan fingerprint density at radius 3 is 2.67 bits per heavy atom. The van der Waals surface area contributed by atoms with E-state index in [9.17, 15) is 4.79 Å². The second-order valence-electron chi connectivity index (χ2n) is 6.28. The molecule has 0 radical (unpaired) electrons. The molecule has 0 bridgehead atoms. The zero-order valence-electron chi connectivity index (χ0n) is 12.1. The smallest absolute Gasteiger partial charge is 0.177 e. The van der Waals surface area contributed by atoms with Crippen molar-refractivity contribution in [3.8, 4) is 5.75 Å². The Bertz CT molecular complexity index is 570. The summed E-state index contributed by atoms with van der Waals surface area (Å²) >= 11 is 4.52. The summed E-state index contributed by atoms with van der Waals surface area (Å²) in [6.45, 7) is 5.58. The van der Waals surface area contributed by atoms with Crippen molar-refractivity contribution in [3.63, 3.8) is 0 Å². The molecule has 3 rings (SSSR count). The van der Waals surface area contributed by atoms with Crippen molar-refractivity contribution in [3.05, 3.63) is 24.8 Å². The van der Waals surface area contributed by atoms with Crippen LogP contribution in [0, 0.1) is 12.6 Å². The molecule has 1 atom stereocenters. The van der Waals surface area contributed by atoms with Gasteiger partial charge in [0.25, 0.3) is 0 Å². The van der Waals surface area contributed by atoms with Crippen LogP contribution in [0.15, 0.2) is 12.1 Å². The number of piperidine rings is 1. The maximum Gasteiger partial charge on any atom is 0.177 e. The number of benzene rings is 1. The summed E-state index contributed by atoms with van der Waals surface area (Å²) in [6.07, 6.45) is 3.81. The fourth-order valence-corrected chi connectivity index (χ4v) is 5.23. The number of hydrogen-bond donors (Lipinski definition) is 0. The molecule has 0 N–H and O–H groups in total. The molecular formula is C16H19I2NO2. The molecule has 114 valence electrons. The van der Waals surface area contributed by atoms with Crippen molar-refractivity contribution in [2.75, 3.05) is 26.2 Å². The Morgan fingerprint density at radius 2 is 1.95 bits per heavy atom. The number of ether oxygens (including phenoxy) is 1. The first kappa shape index (κ1) is 16.0. The van der Waals surface area contributed by atoms with Gasteiger partial charge in [0, 0.05) is 10.1 Å². The number of nitrogens with zero attached hydrogens (tertiary/aromatic N) is 1. The van der Waals surface area contributed by atoms with Crippen molar-refractivity contribution in [2.45, 2.75) is 26.2 Å². The van der Waals surface area contributed by atoms with E-state index >= 15 is 0 Å². The molecule has 0 unspecified atom stereocenters. The van der Waals surface area contributed by atoms with Crippen LogP contribution >= 0.6 is 45.2 Å². The highest BCUT2D eigenvalue weighted by atomic mass is 127. The van der Waals surface area contributed by atoms with Gasteiger partial charge in [-0.3, -0.25) is 4.79 Å². The van der Waals surface area contributed by atoms with Crippen LogP contribution in [-0.2, 0) is 0 Å². The van der Waals surface area contributed by atoms with Gasteiger partial charge in [0.15, 0.2) is 5.78 Å². The van der Waals surface area contributed by atoms with Crippen molar-refractivity contribution in [2.24, 2.45) is 5.41 Å². The summed E-state index contributed by atoms with van der Waals surface area (Å²) in [6, 6.07) is 4.02. The molecular weight excluding hydrogens is 492 g/mol. The number of carbonyl (C=O) groups is 1. The molecule has 0 amide bonds. The summed E-state index contributed by atoms with van der Waals surface area (Å²) in [5, 5.41) is 0. The number of carbonyl (C=O) groups excluding carboxylic acids is 1. The largest absolute Gasteiger partial charge is 0.491 e. The fraction of sp³-hybridized carbons (Fsp3) is 0.562. The number of Topliss-reactive ketones (excluding diaryl/α,β-unsaturated/α-hetero) is 1. The Morgan fingerprint density at radius 1 is 1.24 bits per heavy atom. The van der Waals surface area contributed by atoms with E-state index in [-0.39, 0.29) is 5.78 Å². The molecule has 1 aromatic carbocycles. The predicted octanol–water partition coefficient (Wildman–Crippen LogP) is 3.96. The monoisotopic (exact) mass is 511 g/mol. The molecule has 2 heterocycles. The summed E-state index contributed by atoms with van der Waals surface area (Å²) in [7, 11) is 0. The Kier molecular flexibility index (Phi) is 4.80. The van der Waals surface area contributed by atoms with Gasteiger partial charge < -0.3 is 9.64 Å². The van der Waals surface area contributed by atoms with Crippen molar-refractivity contribution in [1.29, 1.82) is 0 Å². The maximum absolute atomic E-state index is 13.0. The molecule has 0 aromatic heterocycles. The van der Waals surface area contributed by atoms with Gasteiger partial charge in [-0.2, -0.15) is 0 Å². The third-order valence-corrected chi connectivity index (χ3v) is 5.78. The van der Waals surface area contributed by atoms with E-state index in [2.05, 4.69) is 63.1 Å². The summed E-state index contributed by atoms with van der Waals surface area (Å²) in [4.78, 5) is 15.4. The average Bonchev–Trinajstić information content (AvgIpc) is 2.44. The molecule has 0 saturated carbocycles. The zero-order valence-corrected chi connectivity index (χ0v) is 16.4. The van der Waals surface area contributed by atoms with Gasteiger partial charge in [-0.25, -0.2) is 0 Å². The summed E-state index contributed by atoms with van der Waals surface area (Å²) < 4.78 is 8.10. The molecule has 21 heavy (non-hydrogen) atoms. The molecule has 0 aliphatic carbocycles. The highest BCUT2D eigenvalue weighted by Crippen LogP contribution is 2.39. The number of ketones is 1. The highest BCUT2D eigenvalue weighted by Gasteiger charge is 2.42. The van der Waals surface area contributed by atoms with Crippen LogP contribution in [-0.4, -0.2) is 36.9 Å². The van der Waals surface area contributed by atoms with E-state index in [1.807, 2.05) is 6.07 Å². The minimum Gasteiger partial charge on any atom is -0.491 e. The van der Waals surface area contributed by atoms with Gasteiger partial charge in [-0.05, 0) is 90.2 Å². The first-order valence-corrected chi connectivity index (χ1v) is 9.54. The van der Waals surface area contributed by atoms with Crippen molar-refractivity contribution >= 4 is 51.0 Å². The fourth-order valence-electron chi connectivity index (χ4n) is 3.23. The summed E-state index contributed by atoms with van der Waals surface area (Å²) in [5.74, 6) is 1.02. The molecule has 2 aliphatic heterocycles. The maximum atomic E-state index is 13.0. The van der Waals surface area contributed by atoms with Gasteiger partial charge in [0.1, 0.15) is 12.4 Å². The van der Waals surface area contributed by atoms with Crippen molar-refractivity contribution < 1.29 is 9.53 Å². The third-order valence-electron chi connectivity index (χ3n) is 4.36. The SMILES string of the molecule is C[C@@]1(CN2CCCCC2)COc2c(I)cc(I)cc2C1=O. The highest BCUT2D eigenvalue weighted by molar-refractivity contribution is 14.1. The quantitative estimate of drug-likeness (QED) is 0.564. The lowest BCUT2D eigenvalue weighted by atomic mass is 9.80. The van der Waals surface area contributed by atoms with Crippen LogP contribution in [0.25, 0.3) is 0 Å². The number of hydrogen-bond acceptors (Lipinski definition) is 3. The van der Waals surface area contributed by atoms with Crippen molar-refractivity contribution in [1.82, 2.24) is 4.90 Å². The topological polar surface area (TPSA) is 29.5 Å². The Hall–Kier alpha value is 0.110. The third kappa shape index (κ3) is 3.24. The van der Waals surface area contributed by atoms with E-state index in [0.717, 1.165) is 38.1 Å². The van der Waals surface area contributed by atoms with Crippen LogP contribution in [0.5, 0.6) is 5.75 Å². The molecule has 1 fully saturated rings. The van der Waals surface area contributed by atoms with Crippen LogP contribution in [0.1, 0.15) is 36.5 Å². The summed E-state index contributed by atoms with van der Waals surface area (Å²) in [5.41, 5.74) is 0.342. The lowest BCUT2D eigenvalue weighted by molar-refractivity contribution is 0.0493. The second kappa shape index (κ2) is 6.31. The first-order valence-electron chi connectivity index (χ1n) is 7.39.